The van der Waals surface area contributed by atoms with Gasteiger partial charge in [-0.1, -0.05) is 33.8 Å². The number of esters is 1. The zero-order chi connectivity index (χ0) is 23.3. The maximum Gasteiger partial charge on any atom is 0.342 e. The molecule has 180 valence electrons. The van der Waals surface area contributed by atoms with E-state index in [1.807, 2.05) is 19.2 Å². The van der Waals surface area contributed by atoms with Crippen LogP contribution in [0.1, 0.15) is 57.6 Å². The summed E-state index contributed by atoms with van der Waals surface area (Å²) in [4.78, 5) is 15.3. The van der Waals surface area contributed by atoms with Gasteiger partial charge in [0.15, 0.2) is 6.10 Å². The molecule has 7 nitrogen and oxygen atoms in total. The number of hydrogen-bond acceptors (Lipinski definition) is 7. The standard InChI is InChI=1S/C25H40N2O5/c1-7-27-15-21(27)23(29-6)24(28)32-22-10-9-19(18(4)13-17(2)3)14-20(22)25(16-26-5)30-11-8-12-31-25/h9-10,14,17-18,21,23,26H,7-8,11-13,15-16H2,1-6H3. The molecule has 2 saturated heterocycles. The van der Waals surface area contributed by atoms with Crippen LogP contribution in [0.3, 0.4) is 0 Å². The van der Waals surface area contributed by atoms with Crippen molar-refractivity contribution in [3.63, 3.8) is 0 Å². The van der Waals surface area contributed by atoms with Crippen molar-refractivity contribution < 1.29 is 23.7 Å². The molecule has 2 heterocycles. The van der Waals surface area contributed by atoms with E-state index in [1.165, 1.54) is 5.56 Å². The maximum atomic E-state index is 13.1. The minimum absolute atomic E-state index is 0.0692. The fraction of sp³-hybridized carbons (Fsp3) is 0.720. The molecule has 2 aliphatic rings. The van der Waals surface area contributed by atoms with Gasteiger partial charge in [0.25, 0.3) is 0 Å². The first kappa shape index (κ1) is 25.1. The highest BCUT2D eigenvalue weighted by molar-refractivity contribution is 5.79. The van der Waals surface area contributed by atoms with Gasteiger partial charge in [-0.05, 0) is 56.0 Å². The van der Waals surface area contributed by atoms with E-state index in [0.717, 1.165) is 31.5 Å². The van der Waals surface area contributed by atoms with Gasteiger partial charge in [-0.2, -0.15) is 0 Å². The number of nitrogens with one attached hydrogen (secondary N) is 1. The van der Waals surface area contributed by atoms with Crippen LogP contribution in [-0.4, -0.2) is 70.0 Å². The van der Waals surface area contributed by atoms with Gasteiger partial charge in [0, 0.05) is 13.7 Å². The van der Waals surface area contributed by atoms with Gasteiger partial charge in [-0.15, -0.1) is 0 Å². The number of carbonyl (C=O) groups excluding carboxylic acids is 1. The van der Waals surface area contributed by atoms with E-state index in [4.69, 9.17) is 18.9 Å². The third kappa shape index (κ3) is 5.69. The van der Waals surface area contributed by atoms with Gasteiger partial charge >= 0.3 is 5.97 Å². The molecule has 0 saturated carbocycles. The van der Waals surface area contributed by atoms with E-state index in [0.29, 0.717) is 37.3 Å². The van der Waals surface area contributed by atoms with Gasteiger partial charge in [0.05, 0.1) is 31.4 Å². The third-order valence-corrected chi connectivity index (χ3v) is 6.39. The van der Waals surface area contributed by atoms with Gasteiger partial charge in [0.2, 0.25) is 5.79 Å². The summed E-state index contributed by atoms with van der Waals surface area (Å²) >= 11 is 0. The van der Waals surface area contributed by atoms with Crippen molar-refractivity contribution in [2.24, 2.45) is 5.92 Å². The molecule has 4 unspecified atom stereocenters. The molecule has 2 aliphatic heterocycles. The average molecular weight is 449 g/mol. The molecule has 0 radical (unpaired) electrons. The molecule has 1 N–H and O–H groups in total. The highest BCUT2D eigenvalue weighted by Gasteiger charge is 2.45. The second kappa shape index (κ2) is 11.1. The number of nitrogens with zero attached hydrogens (tertiary/aromatic N) is 1. The van der Waals surface area contributed by atoms with Crippen LogP contribution in [-0.2, 0) is 24.8 Å². The third-order valence-electron chi connectivity index (χ3n) is 6.39. The van der Waals surface area contributed by atoms with Gasteiger partial charge in [-0.25, -0.2) is 4.79 Å². The molecule has 0 aliphatic carbocycles. The largest absolute Gasteiger partial charge is 0.424 e. The number of methoxy groups -OCH3 is 1. The molecule has 1 aromatic carbocycles. The Morgan fingerprint density at radius 1 is 1.28 bits per heavy atom. The van der Waals surface area contributed by atoms with Crippen molar-refractivity contribution in [1.82, 2.24) is 10.2 Å². The van der Waals surface area contributed by atoms with E-state index in [2.05, 4.69) is 44.0 Å². The smallest absolute Gasteiger partial charge is 0.342 e. The summed E-state index contributed by atoms with van der Waals surface area (Å²) in [6, 6.07) is 6.09. The number of rotatable bonds is 11. The lowest BCUT2D eigenvalue weighted by Gasteiger charge is -2.38. The molecule has 0 spiro atoms. The molecular formula is C25H40N2O5. The van der Waals surface area contributed by atoms with E-state index < -0.39 is 11.9 Å². The molecule has 0 aromatic heterocycles. The van der Waals surface area contributed by atoms with Crippen LogP contribution >= 0.6 is 0 Å². The first-order valence-electron chi connectivity index (χ1n) is 11.9. The highest BCUT2D eigenvalue weighted by atomic mass is 16.7. The van der Waals surface area contributed by atoms with Crippen molar-refractivity contribution >= 4 is 5.97 Å². The molecule has 4 atom stereocenters. The Hall–Kier alpha value is -1.51. The Bertz CT molecular complexity index is 757. The minimum Gasteiger partial charge on any atom is -0.424 e. The SMILES string of the molecule is CCN1CC1C(OC)C(=O)Oc1ccc(C(C)CC(C)C)cc1C1(CNC)OCCCO1. The van der Waals surface area contributed by atoms with Gasteiger partial charge in [0.1, 0.15) is 5.75 Å². The molecule has 1 aromatic rings. The molecule has 3 rings (SSSR count). The Balaban J connectivity index is 1.94. The van der Waals surface area contributed by atoms with E-state index in [9.17, 15) is 4.79 Å². The van der Waals surface area contributed by atoms with Gasteiger partial charge in [-0.3, -0.25) is 4.90 Å². The summed E-state index contributed by atoms with van der Waals surface area (Å²) in [5, 5.41) is 3.19. The van der Waals surface area contributed by atoms with Crippen LogP contribution in [0, 0.1) is 5.92 Å². The van der Waals surface area contributed by atoms with Crippen molar-refractivity contribution in [2.75, 3.05) is 47.0 Å². The monoisotopic (exact) mass is 448 g/mol. The first-order chi connectivity index (χ1) is 15.3. The molecule has 7 heteroatoms. The predicted molar refractivity (Wildman–Crippen MR) is 124 cm³/mol. The molecule has 2 fully saturated rings. The topological polar surface area (TPSA) is 69.0 Å². The molecule has 0 amide bonds. The van der Waals surface area contributed by atoms with Crippen LogP contribution in [0.5, 0.6) is 5.75 Å². The Morgan fingerprint density at radius 3 is 2.56 bits per heavy atom. The van der Waals surface area contributed by atoms with E-state index in [-0.39, 0.29) is 12.0 Å². The number of benzene rings is 1. The Labute approximate surface area is 192 Å². The fourth-order valence-corrected chi connectivity index (χ4v) is 4.66. The molecule has 0 bridgehead atoms. The second-order valence-corrected chi connectivity index (χ2v) is 9.35. The summed E-state index contributed by atoms with van der Waals surface area (Å²) in [7, 11) is 3.43. The summed E-state index contributed by atoms with van der Waals surface area (Å²) in [6.07, 6.45) is 1.29. The quantitative estimate of drug-likeness (QED) is 0.317. The number of ether oxygens (including phenoxy) is 4. The average Bonchev–Trinajstić information content (AvgIpc) is 3.54. The normalized spacial score (nSPS) is 24.2. The van der Waals surface area contributed by atoms with Crippen molar-refractivity contribution in [2.45, 2.75) is 64.4 Å². The van der Waals surface area contributed by atoms with Crippen LogP contribution in [0.2, 0.25) is 0 Å². The number of carbonyl (C=O) groups is 1. The predicted octanol–water partition coefficient (Wildman–Crippen LogP) is 3.27. The Kier molecular flexibility index (Phi) is 8.69. The van der Waals surface area contributed by atoms with E-state index >= 15 is 0 Å². The maximum absolute atomic E-state index is 13.1. The lowest BCUT2D eigenvalue weighted by atomic mass is 9.89. The zero-order valence-electron chi connectivity index (χ0n) is 20.5. The summed E-state index contributed by atoms with van der Waals surface area (Å²) in [5.41, 5.74) is 1.94. The van der Waals surface area contributed by atoms with Crippen molar-refractivity contribution in [3.05, 3.63) is 29.3 Å². The minimum atomic E-state index is -0.992. The number of likely N-dealkylation sites (N-methyl/N-ethyl adjacent to an activating group) is 2. The van der Waals surface area contributed by atoms with Gasteiger partial charge < -0.3 is 24.3 Å². The van der Waals surface area contributed by atoms with Crippen LogP contribution in [0.4, 0.5) is 0 Å². The summed E-state index contributed by atoms with van der Waals surface area (Å²) < 4.78 is 23.9. The molecular weight excluding hydrogens is 408 g/mol. The van der Waals surface area contributed by atoms with Crippen LogP contribution in [0.15, 0.2) is 18.2 Å². The summed E-state index contributed by atoms with van der Waals surface area (Å²) in [5.74, 6) is 0.0479. The lowest BCUT2D eigenvalue weighted by molar-refractivity contribution is -0.273. The highest BCUT2D eigenvalue weighted by Crippen LogP contribution is 2.39. The summed E-state index contributed by atoms with van der Waals surface area (Å²) in [6.45, 7) is 12.1. The Morgan fingerprint density at radius 2 is 2.00 bits per heavy atom. The zero-order valence-corrected chi connectivity index (χ0v) is 20.5. The fourth-order valence-electron chi connectivity index (χ4n) is 4.66. The van der Waals surface area contributed by atoms with E-state index in [1.54, 1.807) is 7.11 Å². The second-order valence-electron chi connectivity index (χ2n) is 9.35. The lowest BCUT2D eigenvalue weighted by Crippen LogP contribution is -2.46. The van der Waals surface area contributed by atoms with Crippen LogP contribution < -0.4 is 10.1 Å². The van der Waals surface area contributed by atoms with Crippen LogP contribution in [0.25, 0.3) is 0 Å². The van der Waals surface area contributed by atoms with Crippen molar-refractivity contribution in [1.29, 1.82) is 0 Å². The van der Waals surface area contributed by atoms with Crippen molar-refractivity contribution in [3.8, 4) is 5.75 Å². The first-order valence-corrected chi connectivity index (χ1v) is 11.9. The number of hydrogen-bond donors (Lipinski definition) is 1. The molecule has 32 heavy (non-hydrogen) atoms.